The van der Waals surface area contributed by atoms with E-state index in [9.17, 15) is 4.79 Å². The van der Waals surface area contributed by atoms with E-state index in [1.54, 1.807) is 0 Å². The SMILES string of the molecule is CCCCCCCCCCCCC(=S)SC(C)(C)C(=O)NCCOCCOCCN=[N+]=[N-]. The first-order valence-electron chi connectivity index (χ1n) is 12.1. The summed E-state index contributed by atoms with van der Waals surface area (Å²) in [7, 11) is 0. The average Bonchev–Trinajstić information content (AvgIpc) is 2.75. The first-order valence-corrected chi connectivity index (χ1v) is 13.3. The Bertz CT molecular complexity index is 541. The molecule has 0 radical (unpaired) electrons. The number of rotatable bonds is 22. The predicted octanol–water partition coefficient (Wildman–Crippen LogP) is 6.60. The van der Waals surface area contributed by atoms with Crippen LogP contribution in [0, 0.1) is 0 Å². The number of azide groups is 1. The fraction of sp³-hybridized carbons (Fsp3) is 0.913. The van der Waals surface area contributed by atoms with Crippen LogP contribution in [0.15, 0.2) is 5.11 Å². The van der Waals surface area contributed by atoms with Crippen molar-refractivity contribution in [3.8, 4) is 0 Å². The van der Waals surface area contributed by atoms with Crippen LogP contribution in [0.4, 0.5) is 0 Å². The van der Waals surface area contributed by atoms with Gasteiger partial charge in [0, 0.05) is 22.2 Å². The van der Waals surface area contributed by atoms with E-state index in [0.29, 0.717) is 39.5 Å². The van der Waals surface area contributed by atoms with Crippen molar-refractivity contribution in [2.45, 2.75) is 96.1 Å². The van der Waals surface area contributed by atoms with Gasteiger partial charge in [-0.15, -0.1) is 11.8 Å². The lowest BCUT2D eigenvalue weighted by atomic mass is 10.1. The Morgan fingerprint density at radius 1 is 0.969 bits per heavy atom. The molecule has 1 amide bonds. The Morgan fingerprint density at radius 2 is 1.53 bits per heavy atom. The van der Waals surface area contributed by atoms with Crippen LogP contribution >= 0.6 is 24.0 Å². The van der Waals surface area contributed by atoms with Crippen LogP contribution in [0.2, 0.25) is 0 Å². The molecule has 0 spiro atoms. The molecule has 0 saturated heterocycles. The number of nitrogens with zero attached hydrogens (tertiary/aromatic N) is 3. The predicted molar refractivity (Wildman–Crippen MR) is 139 cm³/mol. The van der Waals surface area contributed by atoms with Crippen molar-refractivity contribution in [3.63, 3.8) is 0 Å². The standard InChI is InChI=1S/C23H44N4O3S2/c1-4-5-6-7-8-9-10-11-12-13-14-21(31)32-23(2,3)22(28)25-15-17-29-19-20-30-18-16-26-27-24/h4-20H2,1-3H3,(H,25,28). The molecule has 0 aromatic rings. The van der Waals surface area contributed by atoms with E-state index in [1.807, 2.05) is 13.8 Å². The number of thiocarbonyl (C=S) groups is 1. The quantitative estimate of drug-likeness (QED) is 0.0609. The van der Waals surface area contributed by atoms with Gasteiger partial charge in [-0.2, -0.15) is 0 Å². The van der Waals surface area contributed by atoms with Gasteiger partial charge in [-0.3, -0.25) is 4.79 Å². The van der Waals surface area contributed by atoms with Crippen LogP contribution in [-0.4, -0.2) is 54.4 Å². The molecule has 9 heteroatoms. The highest BCUT2D eigenvalue weighted by atomic mass is 32.2. The number of hydrogen-bond donors (Lipinski definition) is 1. The van der Waals surface area contributed by atoms with Crippen molar-refractivity contribution < 1.29 is 14.3 Å². The molecule has 0 fully saturated rings. The van der Waals surface area contributed by atoms with E-state index in [-0.39, 0.29) is 5.91 Å². The maximum Gasteiger partial charge on any atom is 0.236 e. The second kappa shape index (κ2) is 22.0. The Morgan fingerprint density at radius 3 is 2.12 bits per heavy atom. The van der Waals surface area contributed by atoms with E-state index in [1.165, 1.54) is 69.5 Å². The summed E-state index contributed by atoms with van der Waals surface area (Å²) >= 11 is 7.02. The first kappa shape index (κ1) is 31.1. The molecule has 0 heterocycles. The van der Waals surface area contributed by atoms with Crippen molar-refractivity contribution in [1.82, 2.24) is 5.32 Å². The van der Waals surface area contributed by atoms with E-state index in [2.05, 4.69) is 22.3 Å². The molecule has 0 rings (SSSR count). The van der Waals surface area contributed by atoms with Crippen LogP contribution in [0.3, 0.4) is 0 Å². The third kappa shape index (κ3) is 19.8. The van der Waals surface area contributed by atoms with Crippen molar-refractivity contribution in [2.75, 3.05) is 39.5 Å². The molecular formula is C23H44N4O3S2. The summed E-state index contributed by atoms with van der Waals surface area (Å²) in [6, 6.07) is 0. The molecule has 0 atom stereocenters. The zero-order valence-electron chi connectivity index (χ0n) is 20.4. The Kier molecular flexibility index (Phi) is 21.4. The number of ether oxygens (including phenoxy) is 2. The highest BCUT2D eigenvalue weighted by molar-refractivity contribution is 8.24. The van der Waals surface area contributed by atoms with Gasteiger partial charge in [-0.25, -0.2) is 0 Å². The highest BCUT2D eigenvalue weighted by Gasteiger charge is 2.29. The minimum atomic E-state index is -0.583. The summed E-state index contributed by atoms with van der Waals surface area (Å²) in [4.78, 5) is 15.1. The Balaban J connectivity index is 3.69. The minimum absolute atomic E-state index is 0.0258. The van der Waals surface area contributed by atoms with Crippen LogP contribution in [0.1, 0.15) is 91.4 Å². The molecule has 7 nitrogen and oxygen atoms in total. The third-order valence-electron chi connectivity index (χ3n) is 4.95. The summed E-state index contributed by atoms with van der Waals surface area (Å²) in [5.41, 5.74) is 8.15. The lowest BCUT2D eigenvalue weighted by Crippen LogP contribution is -2.41. The number of carbonyl (C=O) groups excluding carboxylic acids is 1. The van der Waals surface area contributed by atoms with Gasteiger partial charge < -0.3 is 14.8 Å². The molecule has 0 aliphatic heterocycles. The molecule has 0 aromatic heterocycles. The molecule has 0 bridgehead atoms. The van der Waals surface area contributed by atoms with E-state index in [0.717, 1.165) is 17.0 Å². The minimum Gasteiger partial charge on any atom is -0.379 e. The fourth-order valence-corrected chi connectivity index (χ4v) is 4.81. The zero-order valence-corrected chi connectivity index (χ0v) is 22.0. The second-order valence-electron chi connectivity index (χ2n) is 8.35. The van der Waals surface area contributed by atoms with Gasteiger partial charge in [-0.05, 0) is 32.2 Å². The molecule has 186 valence electrons. The molecule has 32 heavy (non-hydrogen) atoms. The maximum absolute atomic E-state index is 12.5. The lowest BCUT2D eigenvalue weighted by Gasteiger charge is -2.23. The van der Waals surface area contributed by atoms with Gasteiger partial charge in [0.25, 0.3) is 0 Å². The number of carbonyl (C=O) groups is 1. The summed E-state index contributed by atoms with van der Waals surface area (Å²) in [6.07, 6.45) is 14.0. The molecule has 1 N–H and O–H groups in total. The van der Waals surface area contributed by atoms with Crippen LogP contribution in [0.5, 0.6) is 0 Å². The number of nitrogens with one attached hydrogen (secondary N) is 1. The summed E-state index contributed by atoms with van der Waals surface area (Å²) in [6.45, 7) is 8.53. The van der Waals surface area contributed by atoms with Crippen LogP contribution in [0.25, 0.3) is 10.4 Å². The number of unbranched alkanes of at least 4 members (excludes halogenated alkanes) is 9. The lowest BCUT2D eigenvalue weighted by molar-refractivity contribution is -0.122. The normalized spacial score (nSPS) is 11.2. The topological polar surface area (TPSA) is 96.3 Å². The van der Waals surface area contributed by atoms with Gasteiger partial charge in [0.2, 0.25) is 5.91 Å². The largest absolute Gasteiger partial charge is 0.379 e. The maximum atomic E-state index is 12.5. The number of amides is 1. The van der Waals surface area contributed by atoms with Crippen LogP contribution in [-0.2, 0) is 14.3 Å². The van der Waals surface area contributed by atoms with E-state index < -0.39 is 4.75 Å². The fourth-order valence-electron chi connectivity index (χ4n) is 3.06. The van der Waals surface area contributed by atoms with Crippen molar-refractivity contribution in [1.29, 1.82) is 0 Å². The van der Waals surface area contributed by atoms with Crippen molar-refractivity contribution >= 4 is 34.1 Å². The summed E-state index contributed by atoms with van der Waals surface area (Å²) in [5.74, 6) is -0.0258. The number of thioether (sulfide) groups is 1. The van der Waals surface area contributed by atoms with Gasteiger partial charge in [0.15, 0.2) is 0 Å². The summed E-state index contributed by atoms with van der Waals surface area (Å²) in [5, 5.41) is 6.29. The highest BCUT2D eigenvalue weighted by Crippen LogP contribution is 2.28. The van der Waals surface area contributed by atoms with Gasteiger partial charge in [-0.1, -0.05) is 82.0 Å². The molecule has 0 aromatic carbocycles. The second-order valence-corrected chi connectivity index (χ2v) is 10.8. The molecule has 0 saturated carbocycles. The molecular weight excluding hydrogens is 444 g/mol. The van der Waals surface area contributed by atoms with Crippen molar-refractivity contribution in [3.05, 3.63) is 10.4 Å². The Hall–Kier alpha value is -0.860. The molecule has 0 aliphatic rings. The number of hydrogen-bond acceptors (Lipinski definition) is 6. The van der Waals surface area contributed by atoms with E-state index >= 15 is 0 Å². The summed E-state index contributed by atoms with van der Waals surface area (Å²) < 4.78 is 11.0. The monoisotopic (exact) mass is 488 g/mol. The van der Waals surface area contributed by atoms with E-state index in [4.69, 9.17) is 27.2 Å². The Labute approximate surface area is 204 Å². The average molecular weight is 489 g/mol. The smallest absolute Gasteiger partial charge is 0.236 e. The molecule has 0 unspecified atom stereocenters. The van der Waals surface area contributed by atoms with Crippen molar-refractivity contribution in [2.24, 2.45) is 5.11 Å². The third-order valence-corrected chi connectivity index (χ3v) is 6.53. The van der Waals surface area contributed by atoms with Gasteiger partial charge >= 0.3 is 0 Å². The zero-order chi connectivity index (χ0) is 23.9. The molecule has 0 aliphatic carbocycles. The van der Waals surface area contributed by atoms with Gasteiger partial charge in [0.1, 0.15) is 0 Å². The van der Waals surface area contributed by atoms with Crippen LogP contribution < -0.4 is 5.32 Å². The van der Waals surface area contributed by atoms with Gasteiger partial charge in [0.05, 0.1) is 31.2 Å². The first-order chi connectivity index (χ1) is 15.4.